The molecule has 1 unspecified atom stereocenters. The van der Waals surface area contributed by atoms with Gasteiger partial charge < -0.3 is 25.3 Å². The molecule has 0 aliphatic carbocycles. The van der Waals surface area contributed by atoms with Crippen molar-refractivity contribution in [1.82, 2.24) is 15.2 Å². The van der Waals surface area contributed by atoms with Crippen molar-refractivity contribution in [3.05, 3.63) is 69.6 Å². The number of amides is 3. The molecule has 4 aromatic rings. The van der Waals surface area contributed by atoms with Crippen molar-refractivity contribution in [3.63, 3.8) is 0 Å². The summed E-state index contributed by atoms with van der Waals surface area (Å²) in [4.78, 5) is 65.7. The quantitative estimate of drug-likeness (QED) is 0.145. The molecule has 1 fully saturated rings. The van der Waals surface area contributed by atoms with Crippen LogP contribution in [0.2, 0.25) is 0 Å². The summed E-state index contributed by atoms with van der Waals surface area (Å²) in [6.45, 7) is 5.66. The van der Waals surface area contributed by atoms with E-state index in [1.165, 1.54) is 28.4 Å². The largest absolute Gasteiger partial charge is 0.399 e. The first kappa shape index (κ1) is 34.3. The number of rotatable bonds is 8. The lowest BCUT2D eigenvalue weighted by atomic mass is 9.85. The number of fused-ring (bicyclic) bond motifs is 1. The number of thiophene rings is 1. The second-order valence-corrected chi connectivity index (χ2v) is 16.6. The first-order valence-electron chi connectivity index (χ1n) is 14.1. The normalized spacial score (nSPS) is 16.4. The fourth-order valence-electron chi connectivity index (χ4n) is 5.10. The molecule has 0 saturated carbocycles. The van der Waals surface area contributed by atoms with Crippen LogP contribution in [0, 0.1) is 5.41 Å². The van der Waals surface area contributed by atoms with Gasteiger partial charge >= 0.3 is 13.3 Å². The van der Waals surface area contributed by atoms with Crippen LogP contribution >= 0.6 is 46.2 Å². The van der Waals surface area contributed by atoms with Crippen molar-refractivity contribution < 1.29 is 37.5 Å². The molecule has 5 rings (SSSR count). The highest BCUT2D eigenvalue weighted by atomic mass is 79.9. The van der Waals surface area contributed by atoms with E-state index in [2.05, 4.69) is 31.5 Å². The van der Waals surface area contributed by atoms with Crippen molar-refractivity contribution in [2.75, 3.05) is 11.9 Å². The molecule has 0 spiro atoms. The summed E-state index contributed by atoms with van der Waals surface area (Å²) in [5.41, 5.74) is -5.09. The van der Waals surface area contributed by atoms with E-state index in [-0.39, 0.29) is 16.2 Å². The van der Waals surface area contributed by atoms with Crippen LogP contribution in [0.15, 0.2) is 59.2 Å². The number of carbonyl (C=O) groups excluding carboxylic acids is 3. The van der Waals surface area contributed by atoms with Gasteiger partial charge in [-0.05, 0) is 59.5 Å². The average Bonchev–Trinajstić information content (AvgIpc) is 3.74. The lowest BCUT2D eigenvalue weighted by molar-refractivity contribution is -0.140. The second kappa shape index (κ2) is 12.9. The van der Waals surface area contributed by atoms with E-state index >= 15 is 0 Å². The molecule has 0 radical (unpaired) electrons. The SMILES string of the molecule is CC(C)(C)C(NC(=O)c1cc2cc(C(F)(F)P(=O)(O)O)ccc2s1)C(=O)N1CCC[C@H]1C(=O)Nc1ncc(-c2ccc(Br)cc2)s1. The van der Waals surface area contributed by atoms with Gasteiger partial charge in [-0.25, -0.2) is 4.98 Å². The zero-order valence-electron chi connectivity index (χ0n) is 24.8. The Balaban J connectivity index is 1.31. The monoisotopic (exact) mass is 754 g/mol. The molecular weight excluding hydrogens is 725 g/mol. The molecule has 3 heterocycles. The molecule has 0 bridgehead atoms. The van der Waals surface area contributed by atoms with Gasteiger partial charge in [0, 0.05) is 27.5 Å². The number of halogens is 3. The molecule has 16 heteroatoms. The van der Waals surface area contributed by atoms with Crippen LogP contribution in [0.3, 0.4) is 0 Å². The van der Waals surface area contributed by atoms with Gasteiger partial charge in [0.2, 0.25) is 11.8 Å². The minimum Gasteiger partial charge on any atom is -0.339 e. The number of benzene rings is 2. The van der Waals surface area contributed by atoms with Gasteiger partial charge in [0.25, 0.3) is 5.91 Å². The predicted octanol–water partition coefficient (Wildman–Crippen LogP) is 6.79. The molecule has 2 atom stereocenters. The number of carbonyl (C=O) groups is 3. The van der Waals surface area contributed by atoms with Crippen molar-refractivity contribution in [1.29, 1.82) is 0 Å². The summed E-state index contributed by atoms with van der Waals surface area (Å²) in [5, 5.41) is 6.20. The van der Waals surface area contributed by atoms with Gasteiger partial charge in [-0.2, -0.15) is 8.78 Å². The van der Waals surface area contributed by atoms with Gasteiger partial charge in [-0.3, -0.25) is 18.9 Å². The van der Waals surface area contributed by atoms with Crippen LogP contribution in [0.1, 0.15) is 48.8 Å². The Labute approximate surface area is 279 Å². The Morgan fingerprint density at radius 1 is 1.09 bits per heavy atom. The predicted molar refractivity (Wildman–Crippen MR) is 177 cm³/mol. The van der Waals surface area contributed by atoms with Crippen molar-refractivity contribution >= 4 is 79.1 Å². The summed E-state index contributed by atoms with van der Waals surface area (Å²) in [5.74, 6) is -1.44. The molecule has 1 aliphatic heterocycles. The smallest absolute Gasteiger partial charge is 0.339 e. The third kappa shape index (κ3) is 7.09. The van der Waals surface area contributed by atoms with E-state index in [0.717, 1.165) is 38.4 Å². The molecule has 4 N–H and O–H groups in total. The average molecular weight is 756 g/mol. The highest BCUT2D eigenvalue weighted by Gasteiger charge is 2.50. The topological polar surface area (TPSA) is 149 Å². The van der Waals surface area contributed by atoms with E-state index in [1.54, 1.807) is 27.0 Å². The Morgan fingerprint density at radius 2 is 1.78 bits per heavy atom. The number of anilines is 1. The van der Waals surface area contributed by atoms with Gasteiger partial charge in [0.05, 0.1) is 9.75 Å². The molecule has 2 aromatic carbocycles. The molecule has 2 aromatic heterocycles. The fourth-order valence-corrected chi connectivity index (χ4v) is 7.61. The summed E-state index contributed by atoms with van der Waals surface area (Å²) in [7, 11) is -5.77. The Morgan fingerprint density at radius 3 is 2.43 bits per heavy atom. The van der Waals surface area contributed by atoms with Gasteiger partial charge in [0.1, 0.15) is 12.1 Å². The highest BCUT2D eigenvalue weighted by molar-refractivity contribution is 9.10. The zero-order valence-corrected chi connectivity index (χ0v) is 28.9. The van der Waals surface area contributed by atoms with Crippen molar-refractivity contribution in [2.24, 2.45) is 5.41 Å². The van der Waals surface area contributed by atoms with Crippen LogP contribution in [0.5, 0.6) is 0 Å². The number of nitrogens with zero attached hydrogens (tertiary/aromatic N) is 2. The van der Waals surface area contributed by atoms with E-state index in [4.69, 9.17) is 9.79 Å². The van der Waals surface area contributed by atoms with Crippen molar-refractivity contribution in [2.45, 2.75) is 51.4 Å². The van der Waals surface area contributed by atoms with Crippen molar-refractivity contribution in [3.8, 4) is 10.4 Å². The standard InChI is InChI=1S/C30H30BrF2N4O6PS2/c1-29(2,3)24(35-26(39)22-14-17-13-18(8-11-21(17)45-22)30(32,33)44(41,42)43)27(40)37-12-4-5-20(37)25(38)36-28-34-15-23(46-28)16-6-9-19(31)10-7-16/h6-11,13-15,20,24H,4-5,12H2,1-3H3,(H,35,39)(H,34,36,38)(H2,41,42,43)/t20-,24?/m0/s1. The number of thiazole rings is 1. The molecule has 1 aliphatic rings. The van der Waals surface area contributed by atoms with Crippen LogP contribution in [0.25, 0.3) is 20.5 Å². The molecular formula is C30H30BrF2N4O6PS2. The Hall–Kier alpha value is -3.07. The number of likely N-dealkylation sites (tertiary alicyclic amines) is 1. The molecule has 1 saturated heterocycles. The van der Waals surface area contributed by atoms with Crippen LogP contribution in [-0.2, 0) is 19.8 Å². The first-order valence-corrected chi connectivity index (χ1v) is 18.1. The second-order valence-electron chi connectivity index (χ2n) is 11.9. The molecule has 3 amide bonds. The summed E-state index contributed by atoms with van der Waals surface area (Å²) < 4.78 is 41.3. The number of hydrogen-bond donors (Lipinski definition) is 4. The maximum Gasteiger partial charge on any atom is 0.399 e. The van der Waals surface area contributed by atoms with Gasteiger partial charge in [-0.1, -0.05) is 66.2 Å². The molecule has 244 valence electrons. The number of aromatic nitrogens is 1. The van der Waals surface area contributed by atoms with E-state index in [1.807, 2.05) is 24.3 Å². The fraction of sp³-hybridized carbons (Fsp3) is 0.333. The number of alkyl halides is 2. The third-order valence-electron chi connectivity index (χ3n) is 7.54. The van der Waals surface area contributed by atoms with Crippen LogP contribution < -0.4 is 10.6 Å². The lowest BCUT2D eigenvalue weighted by Crippen LogP contribution is -2.57. The Bertz CT molecular complexity index is 1850. The van der Waals surface area contributed by atoms with E-state index in [9.17, 15) is 27.7 Å². The van der Waals surface area contributed by atoms with Crippen LogP contribution in [0.4, 0.5) is 13.9 Å². The Kier molecular flexibility index (Phi) is 9.57. The molecule has 46 heavy (non-hydrogen) atoms. The summed E-state index contributed by atoms with van der Waals surface area (Å²) in [6, 6.07) is 10.3. The highest BCUT2D eigenvalue weighted by Crippen LogP contribution is 2.59. The maximum absolute atomic E-state index is 14.3. The number of hydrogen-bond acceptors (Lipinski definition) is 7. The lowest BCUT2D eigenvalue weighted by Gasteiger charge is -2.35. The summed E-state index contributed by atoms with van der Waals surface area (Å²) >= 11 is 5.71. The van der Waals surface area contributed by atoms with E-state index < -0.39 is 48.1 Å². The third-order valence-corrected chi connectivity index (χ3v) is 11.1. The van der Waals surface area contributed by atoms with Gasteiger partial charge in [0.15, 0.2) is 5.13 Å². The molecule has 10 nitrogen and oxygen atoms in total. The van der Waals surface area contributed by atoms with E-state index in [0.29, 0.717) is 29.2 Å². The minimum atomic E-state index is -5.77. The maximum atomic E-state index is 14.3. The first-order chi connectivity index (χ1) is 21.5. The number of nitrogens with one attached hydrogen (secondary N) is 2. The van der Waals surface area contributed by atoms with Gasteiger partial charge in [-0.15, -0.1) is 11.3 Å². The van der Waals surface area contributed by atoms with Crippen LogP contribution in [-0.4, -0.2) is 56.0 Å². The summed E-state index contributed by atoms with van der Waals surface area (Å²) in [6.07, 6.45) is 2.70. The zero-order chi connectivity index (χ0) is 33.6. The minimum absolute atomic E-state index is 0.120.